The number of rotatable bonds is 4. The maximum atomic E-state index is 5.88. The first-order valence-corrected chi connectivity index (χ1v) is 8.83. The van der Waals surface area contributed by atoms with Crippen molar-refractivity contribution in [1.82, 2.24) is 10.2 Å². The molecule has 0 radical (unpaired) electrons. The molecule has 0 spiro atoms. The molecule has 0 amide bonds. The SMILES string of the molecule is CC(C)N1CC2CCCC(C1)C2NCC1CCCCO1. The van der Waals surface area contributed by atoms with Crippen LogP contribution in [0.25, 0.3) is 0 Å². The molecular weight excluding hydrogens is 248 g/mol. The predicted octanol–water partition coefficient (Wildman–Crippen LogP) is 2.65. The number of hydrogen-bond acceptors (Lipinski definition) is 3. The van der Waals surface area contributed by atoms with Gasteiger partial charge in [-0.25, -0.2) is 0 Å². The standard InChI is InChI=1S/C17H32N2O/c1-13(2)19-11-14-6-5-7-15(12-19)17(14)18-10-16-8-3-4-9-20-16/h13-18H,3-12H2,1-2H3. The molecule has 0 aromatic heterocycles. The lowest BCUT2D eigenvalue weighted by atomic mass is 9.73. The van der Waals surface area contributed by atoms with Crippen LogP contribution in [0.4, 0.5) is 0 Å². The summed E-state index contributed by atoms with van der Waals surface area (Å²) in [5.74, 6) is 1.74. The fraction of sp³-hybridized carbons (Fsp3) is 1.00. The van der Waals surface area contributed by atoms with Gasteiger partial charge in [-0.05, 0) is 57.8 Å². The van der Waals surface area contributed by atoms with Gasteiger partial charge in [0.25, 0.3) is 0 Å². The van der Waals surface area contributed by atoms with Crippen LogP contribution in [0.3, 0.4) is 0 Å². The van der Waals surface area contributed by atoms with E-state index in [9.17, 15) is 0 Å². The van der Waals surface area contributed by atoms with Crippen molar-refractivity contribution in [3.8, 4) is 0 Å². The topological polar surface area (TPSA) is 24.5 Å². The van der Waals surface area contributed by atoms with Gasteiger partial charge in [0.05, 0.1) is 6.10 Å². The summed E-state index contributed by atoms with van der Waals surface area (Å²) in [7, 11) is 0. The van der Waals surface area contributed by atoms with Gasteiger partial charge in [0, 0.05) is 38.3 Å². The summed E-state index contributed by atoms with van der Waals surface area (Å²) in [6, 6.07) is 1.46. The first-order chi connectivity index (χ1) is 9.74. The molecule has 3 unspecified atom stereocenters. The molecule has 1 saturated carbocycles. The Labute approximate surface area is 124 Å². The molecule has 2 heterocycles. The minimum Gasteiger partial charge on any atom is -0.377 e. The third-order valence-electron chi connectivity index (χ3n) is 5.69. The molecule has 3 aliphatic rings. The Hall–Kier alpha value is -0.120. The monoisotopic (exact) mass is 280 g/mol. The molecule has 3 atom stereocenters. The van der Waals surface area contributed by atoms with E-state index in [1.165, 1.54) is 51.6 Å². The van der Waals surface area contributed by atoms with E-state index in [1.807, 2.05) is 0 Å². The fourth-order valence-corrected chi connectivity index (χ4v) is 4.46. The molecule has 2 saturated heterocycles. The van der Waals surface area contributed by atoms with Crippen molar-refractivity contribution in [2.24, 2.45) is 11.8 Å². The normalized spacial score (nSPS) is 39.1. The molecule has 0 aromatic carbocycles. The van der Waals surface area contributed by atoms with E-state index in [2.05, 4.69) is 24.1 Å². The zero-order valence-electron chi connectivity index (χ0n) is 13.3. The molecule has 116 valence electrons. The Morgan fingerprint density at radius 1 is 1.05 bits per heavy atom. The highest BCUT2D eigenvalue weighted by Crippen LogP contribution is 2.35. The van der Waals surface area contributed by atoms with Gasteiger partial charge in [0.15, 0.2) is 0 Å². The van der Waals surface area contributed by atoms with Crippen molar-refractivity contribution in [3.63, 3.8) is 0 Å². The summed E-state index contributed by atoms with van der Waals surface area (Å²) < 4.78 is 5.88. The number of fused-ring (bicyclic) bond motifs is 2. The maximum absolute atomic E-state index is 5.88. The van der Waals surface area contributed by atoms with Gasteiger partial charge >= 0.3 is 0 Å². The average molecular weight is 280 g/mol. The Bertz CT molecular complexity index is 287. The number of likely N-dealkylation sites (tertiary alicyclic amines) is 1. The lowest BCUT2D eigenvalue weighted by Crippen LogP contribution is -2.59. The second-order valence-corrected chi connectivity index (χ2v) is 7.42. The van der Waals surface area contributed by atoms with Gasteiger partial charge < -0.3 is 15.0 Å². The number of ether oxygens (including phenoxy) is 1. The van der Waals surface area contributed by atoms with Crippen molar-refractivity contribution in [2.75, 3.05) is 26.2 Å². The van der Waals surface area contributed by atoms with Crippen molar-refractivity contribution in [3.05, 3.63) is 0 Å². The number of nitrogens with zero attached hydrogens (tertiary/aromatic N) is 1. The second-order valence-electron chi connectivity index (χ2n) is 7.42. The first kappa shape index (κ1) is 14.8. The Morgan fingerprint density at radius 2 is 1.80 bits per heavy atom. The van der Waals surface area contributed by atoms with Crippen LogP contribution in [0.2, 0.25) is 0 Å². The minimum atomic E-state index is 0.479. The largest absolute Gasteiger partial charge is 0.377 e. The predicted molar refractivity (Wildman–Crippen MR) is 82.9 cm³/mol. The van der Waals surface area contributed by atoms with Crippen molar-refractivity contribution >= 4 is 0 Å². The smallest absolute Gasteiger partial charge is 0.0699 e. The highest BCUT2D eigenvalue weighted by molar-refractivity contribution is 4.95. The summed E-state index contributed by atoms with van der Waals surface area (Å²) >= 11 is 0. The minimum absolute atomic E-state index is 0.479. The van der Waals surface area contributed by atoms with Crippen LogP contribution in [-0.4, -0.2) is 49.3 Å². The van der Waals surface area contributed by atoms with Gasteiger partial charge in [0.2, 0.25) is 0 Å². The molecular formula is C17H32N2O. The molecule has 1 N–H and O–H groups in total. The van der Waals surface area contributed by atoms with Gasteiger partial charge in [-0.1, -0.05) is 6.42 Å². The highest BCUT2D eigenvalue weighted by atomic mass is 16.5. The van der Waals surface area contributed by atoms with Crippen LogP contribution in [0.5, 0.6) is 0 Å². The lowest BCUT2D eigenvalue weighted by molar-refractivity contribution is -0.00419. The van der Waals surface area contributed by atoms with Crippen LogP contribution in [-0.2, 0) is 4.74 Å². The van der Waals surface area contributed by atoms with E-state index in [0.717, 1.165) is 31.0 Å². The van der Waals surface area contributed by atoms with Gasteiger partial charge in [-0.2, -0.15) is 0 Å². The second kappa shape index (κ2) is 6.76. The maximum Gasteiger partial charge on any atom is 0.0699 e. The van der Waals surface area contributed by atoms with Gasteiger partial charge in [0.1, 0.15) is 0 Å². The molecule has 3 nitrogen and oxygen atoms in total. The average Bonchev–Trinajstić information content (AvgIpc) is 2.45. The Balaban J connectivity index is 1.53. The molecule has 3 rings (SSSR count). The summed E-state index contributed by atoms with van der Waals surface area (Å²) in [4.78, 5) is 2.70. The van der Waals surface area contributed by atoms with Crippen molar-refractivity contribution in [1.29, 1.82) is 0 Å². The van der Waals surface area contributed by atoms with Gasteiger partial charge in [-0.15, -0.1) is 0 Å². The third kappa shape index (κ3) is 3.37. The zero-order chi connectivity index (χ0) is 13.9. The van der Waals surface area contributed by atoms with E-state index in [-0.39, 0.29) is 0 Å². The quantitative estimate of drug-likeness (QED) is 0.857. The number of nitrogens with one attached hydrogen (secondary N) is 1. The summed E-state index contributed by atoms with van der Waals surface area (Å²) in [6.45, 7) is 9.36. The van der Waals surface area contributed by atoms with Crippen LogP contribution in [0.15, 0.2) is 0 Å². The molecule has 3 fully saturated rings. The fourth-order valence-electron chi connectivity index (χ4n) is 4.46. The first-order valence-electron chi connectivity index (χ1n) is 8.83. The number of hydrogen-bond donors (Lipinski definition) is 1. The summed E-state index contributed by atoms with van der Waals surface area (Å²) in [5.41, 5.74) is 0. The van der Waals surface area contributed by atoms with E-state index in [1.54, 1.807) is 0 Å². The molecule has 0 aromatic rings. The zero-order valence-corrected chi connectivity index (χ0v) is 13.3. The third-order valence-corrected chi connectivity index (χ3v) is 5.69. The lowest BCUT2D eigenvalue weighted by Gasteiger charge is -2.49. The summed E-state index contributed by atoms with van der Waals surface area (Å²) in [6.07, 6.45) is 8.63. The van der Waals surface area contributed by atoms with Crippen LogP contribution in [0, 0.1) is 11.8 Å². The van der Waals surface area contributed by atoms with E-state index in [0.29, 0.717) is 12.1 Å². The Morgan fingerprint density at radius 3 is 2.40 bits per heavy atom. The van der Waals surface area contributed by atoms with E-state index >= 15 is 0 Å². The molecule has 1 aliphatic carbocycles. The van der Waals surface area contributed by atoms with Crippen LogP contribution >= 0.6 is 0 Å². The molecule has 3 heteroatoms. The van der Waals surface area contributed by atoms with Crippen LogP contribution < -0.4 is 5.32 Å². The van der Waals surface area contributed by atoms with E-state index in [4.69, 9.17) is 4.74 Å². The van der Waals surface area contributed by atoms with Gasteiger partial charge in [-0.3, -0.25) is 0 Å². The van der Waals surface area contributed by atoms with Crippen molar-refractivity contribution in [2.45, 2.75) is 70.6 Å². The highest BCUT2D eigenvalue weighted by Gasteiger charge is 2.39. The Kier molecular flexibility index (Phi) is 5.00. The molecule has 2 bridgehead atoms. The van der Waals surface area contributed by atoms with Crippen LogP contribution in [0.1, 0.15) is 52.4 Å². The number of piperidine rings is 1. The summed E-state index contributed by atoms with van der Waals surface area (Å²) in [5, 5.41) is 3.90. The molecule has 20 heavy (non-hydrogen) atoms. The molecule has 2 aliphatic heterocycles. The van der Waals surface area contributed by atoms with E-state index < -0.39 is 0 Å². The van der Waals surface area contributed by atoms with Crippen molar-refractivity contribution < 1.29 is 4.74 Å².